The number of likely N-dealkylation sites (N-methyl/N-ethyl adjacent to an activating group) is 1. The number of nitrogens with one attached hydrogen (secondary N) is 3. The summed E-state index contributed by atoms with van der Waals surface area (Å²) >= 11 is 13.5. The quantitative estimate of drug-likeness (QED) is 0.585. The number of carbonyl (C=O) groups excluding carboxylic acids is 1. The molecule has 1 aliphatic rings. The second kappa shape index (κ2) is 7.17. The highest BCUT2D eigenvalue weighted by Gasteiger charge is 2.32. The monoisotopic (exact) mass is 415 g/mol. The van der Waals surface area contributed by atoms with E-state index in [9.17, 15) is 4.79 Å². The molecule has 0 saturated carbocycles. The molecule has 2 heterocycles. The maximum Gasteiger partial charge on any atom is 0.268 e. The molecule has 0 aliphatic heterocycles. The van der Waals surface area contributed by atoms with Gasteiger partial charge in [0.05, 0.1) is 27.3 Å². The summed E-state index contributed by atoms with van der Waals surface area (Å²) in [6.07, 6.45) is 0.815. The van der Waals surface area contributed by atoms with Gasteiger partial charge in [-0.1, -0.05) is 47.5 Å². The van der Waals surface area contributed by atoms with Gasteiger partial charge in [0.15, 0.2) is 0 Å². The van der Waals surface area contributed by atoms with Crippen LogP contribution in [0.2, 0.25) is 9.36 Å². The van der Waals surface area contributed by atoms with Crippen LogP contribution in [-0.2, 0) is 6.42 Å². The maximum absolute atomic E-state index is 12.6. The Morgan fingerprint density at radius 3 is 2.80 bits per heavy atom. The minimum atomic E-state index is -0.136. The van der Waals surface area contributed by atoms with Crippen LogP contribution in [0.1, 0.15) is 27.7 Å². The third-order valence-electron chi connectivity index (χ3n) is 4.48. The Balaban J connectivity index is 0.00000182. The van der Waals surface area contributed by atoms with E-state index in [1.165, 1.54) is 22.5 Å². The van der Waals surface area contributed by atoms with Crippen LogP contribution in [0.3, 0.4) is 0 Å². The van der Waals surface area contributed by atoms with Gasteiger partial charge in [0.2, 0.25) is 0 Å². The number of hydrogen-bond donors (Lipinski definition) is 3. The number of fused-ring (bicyclic) bond motifs is 2. The molecule has 3 aromatic rings. The fourth-order valence-corrected chi connectivity index (χ4v) is 4.85. The first-order valence-electron chi connectivity index (χ1n) is 7.61. The Kier molecular flexibility index (Phi) is 5.32. The van der Waals surface area contributed by atoms with Crippen LogP contribution in [-0.4, -0.2) is 24.0 Å². The SMILES string of the molecule is CN[C@@H]1c2ccccc2C[C@H]1NC(=O)c1cc2sc(Cl)c(Cl)c2[nH]1.Cl. The lowest BCUT2D eigenvalue weighted by Crippen LogP contribution is -2.41. The Morgan fingerprint density at radius 2 is 2.08 bits per heavy atom. The van der Waals surface area contributed by atoms with E-state index in [1.54, 1.807) is 6.07 Å². The molecule has 1 aliphatic carbocycles. The normalized spacial score (nSPS) is 18.8. The van der Waals surface area contributed by atoms with Gasteiger partial charge in [-0.05, 0) is 30.7 Å². The first-order chi connectivity index (χ1) is 11.6. The average Bonchev–Trinajstić information content (AvgIpc) is 3.21. The van der Waals surface area contributed by atoms with Crippen molar-refractivity contribution in [2.24, 2.45) is 0 Å². The van der Waals surface area contributed by atoms with Crippen molar-refractivity contribution in [2.45, 2.75) is 18.5 Å². The van der Waals surface area contributed by atoms with E-state index in [0.717, 1.165) is 16.6 Å². The Labute approximate surface area is 165 Å². The molecule has 2 atom stereocenters. The molecule has 1 amide bonds. The van der Waals surface area contributed by atoms with Crippen molar-refractivity contribution in [3.63, 3.8) is 0 Å². The third-order valence-corrected chi connectivity index (χ3v) is 6.41. The van der Waals surface area contributed by atoms with E-state index in [1.807, 2.05) is 19.2 Å². The van der Waals surface area contributed by atoms with Crippen LogP contribution in [0.15, 0.2) is 30.3 Å². The molecule has 2 aromatic heterocycles. The summed E-state index contributed by atoms with van der Waals surface area (Å²) < 4.78 is 1.42. The highest BCUT2D eigenvalue weighted by Crippen LogP contribution is 2.39. The first kappa shape index (κ1) is 18.5. The second-order valence-electron chi connectivity index (χ2n) is 5.86. The Morgan fingerprint density at radius 1 is 1.32 bits per heavy atom. The number of rotatable bonds is 3. The van der Waals surface area contributed by atoms with E-state index in [2.05, 4.69) is 27.8 Å². The number of hydrogen-bond acceptors (Lipinski definition) is 3. The van der Waals surface area contributed by atoms with Crippen LogP contribution in [0, 0.1) is 0 Å². The Bertz CT molecular complexity index is 937. The number of aromatic amines is 1. The van der Waals surface area contributed by atoms with Crippen LogP contribution < -0.4 is 10.6 Å². The van der Waals surface area contributed by atoms with Crippen molar-refractivity contribution < 1.29 is 4.79 Å². The molecule has 0 radical (unpaired) electrons. The summed E-state index contributed by atoms with van der Waals surface area (Å²) in [6.45, 7) is 0. The van der Waals surface area contributed by atoms with E-state index in [4.69, 9.17) is 23.2 Å². The molecule has 132 valence electrons. The van der Waals surface area contributed by atoms with Gasteiger partial charge in [-0.15, -0.1) is 23.7 Å². The number of amides is 1. The summed E-state index contributed by atoms with van der Waals surface area (Å²) in [5.74, 6) is -0.136. The van der Waals surface area contributed by atoms with Crippen LogP contribution in [0.4, 0.5) is 0 Å². The lowest BCUT2D eigenvalue weighted by atomic mass is 10.1. The van der Waals surface area contributed by atoms with E-state index in [-0.39, 0.29) is 30.4 Å². The van der Waals surface area contributed by atoms with Crippen molar-refractivity contribution in [3.05, 3.63) is 56.5 Å². The smallest absolute Gasteiger partial charge is 0.268 e. The molecule has 4 rings (SSSR count). The molecule has 4 nitrogen and oxygen atoms in total. The summed E-state index contributed by atoms with van der Waals surface area (Å²) in [5, 5.41) is 6.90. The first-order valence-corrected chi connectivity index (χ1v) is 9.18. The van der Waals surface area contributed by atoms with Crippen molar-refractivity contribution in [1.29, 1.82) is 0 Å². The van der Waals surface area contributed by atoms with Gasteiger partial charge >= 0.3 is 0 Å². The molecule has 0 unspecified atom stereocenters. The average molecular weight is 417 g/mol. The van der Waals surface area contributed by atoms with Crippen molar-refractivity contribution in [1.82, 2.24) is 15.6 Å². The van der Waals surface area contributed by atoms with Gasteiger partial charge in [0.25, 0.3) is 5.91 Å². The van der Waals surface area contributed by atoms with Crippen molar-refractivity contribution in [2.75, 3.05) is 7.05 Å². The maximum atomic E-state index is 12.6. The van der Waals surface area contributed by atoms with Crippen molar-refractivity contribution in [3.8, 4) is 0 Å². The van der Waals surface area contributed by atoms with Gasteiger partial charge in [0.1, 0.15) is 10.0 Å². The zero-order valence-electron chi connectivity index (χ0n) is 13.2. The fraction of sp³-hybridized carbons (Fsp3) is 0.235. The molecule has 3 N–H and O–H groups in total. The number of H-pyrrole nitrogens is 1. The van der Waals surface area contributed by atoms with Crippen LogP contribution in [0.5, 0.6) is 0 Å². The van der Waals surface area contributed by atoms with Crippen LogP contribution in [0.25, 0.3) is 10.2 Å². The van der Waals surface area contributed by atoms with E-state index in [0.29, 0.717) is 15.1 Å². The van der Waals surface area contributed by atoms with Crippen molar-refractivity contribution >= 4 is 63.1 Å². The molecular formula is C17H16Cl3N3OS. The summed E-state index contributed by atoms with van der Waals surface area (Å²) in [7, 11) is 1.91. The standard InChI is InChI=1S/C17H15Cl2N3OS.ClH/c1-20-14-9-5-3-2-4-8(9)6-10(14)22-17(23)11-7-12-15(21-11)13(18)16(19)24-12;/h2-5,7,10,14,20-21H,6H2,1H3,(H,22,23);1H/t10-,14-;/m1./s1. The zero-order chi connectivity index (χ0) is 16.8. The van der Waals surface area contributed by atoms with Gasteiger partial charge in [-0.2, -0.15) is 0 Å². The van der Waals surface area contributed by atoms with E-state index >= 15 is 0 Å². The van der Waals surface area contributed by atoms with Crippen LogP contribution >= 0.6 is 46.9 Å². The number of carbonyl (C=O) groups is 1. The highest BCUT2D eigenvalue weighted by molar-refractivity contribution is 7.23. The predicted molar refractivity (Wildman–Crippen MR) is 107 cm³/mol. The second-order valence-corrected chi connectivity index (χ2v) is 7.89. The minimum Gasteiger partial charge on any atom is -0.349 e. The molecule has 8 heteroatoms. The Hall–Kier alpha value is -1.24. The fourth-order valence-electron chi connectivity index (χ4n) is 3.37. The largest absolute Gasteiger partial charge is 0.349 e. The summed E-state index contributed by atoms with van der Waals surface area (Å²) in [6, 6.07) is 10.2. The lowest BCUT2D eigenvalue weighted by molar-refractivity contribution is 0.0926. The molecular weight excluding hydrogens is 401 g/mol. The van der Waals surface area contributed by atoms with Gasteiger partial charge in [-0.3, -0.25) is 4.79 Å². The molecule has 0 fully saturated rings. The predicted octanol–water partition coefficient (Wildman–Crippen LogP) is 4.57. The third kappa shape index (κ3) is 3.15. The highest BCUT2D eigenvalue weighted by atomic mass is 35.5. The van der Waals surface area contributed by atoms with Gasteiger partial charge in [0, 0.05) is 0 Å². The number of thiophene rings is 1. The summed E-state index contributed by atoms with van der Waals surface area (Å²) in [5.41, 5.74) is 3.73. The molecule has 25 heavy (non-hydrogen) atoms. The van der Waals surface area contributed by atoms with Gasteiger partial charge in [-0.25, -0.2) is 0 Å². The molecule has 0 bridgehead atoms. The molecule has 1 aromatic carbocycles. The molecule has 0 saturated heterocycles. The van der Waals surface area contributed by atoms with Gasteiger partial charge < -0.3 is 15.6 Å². The number of aromatic nitrogens is 1. The number of benzene rings is 1. The summed E-state index contributed by atoms with van der Waals surface area (Å²) in [4.78, 5) is 15.7. The lowest BCUT2D eigenvalue weighted by Gasteiger charge is -2.21. The number of halogens is 3. The zero-order valence-corrected chi connectivity index (χ0v) is 16.4. The molecule has 0 spiro atoms. The van der Waals surface area contributed by atoms with E-state index < -0.39 is 0 Å². The minimum absolute atomic E-state index is 0. The topological polar surface area (TPSA) is 56.9 Å².